The molecule has 1 aromatic heterocycles. The second-order valence-electron chi connectivity index (χ2n) is 14.4. The molecule has 6 rings (SSSR count). The van der Waals surface area contributed by atoms with Gasteiger partial charge < -0.3 is 16.0 Å². The maximum atomic E-state index is 13.3. The molecule has 3 amide bonds. The molecule has 2 fully saturated rings. The van der Waals surface area contributed by atoms with Crippen LogP contribution in [0.25, 0.3) is 11.1 Å². The lowest BCUT2D eigenvalue weighted by Gasteiger charge is -2.36. The lowest BCUT2D eigenvalue weighted by atomic mass is 9.90. The van der Waals surface area contributed by atoms with E-state index in [1.165, 1.54) is 11.8 Å². The van der Waals surface area contributed by atoms with Crippen molar-refractivity contribution in [3.8, 4) is 11.1 Å². The van der Waals surface area contributed by atoms with Crippen LogP contribution >= 0.6 is 0 Å². The van der Waals surface area contributed by atoms with Gasteiger partial charge in [0, 0.05) is 62.7 Å². The molecular formula is C40H45F3N9O3+. The fraction of sp³-hybridized carbons (Fsp3) is 0.350. The zero-order chi connectivity index (χ0) is 39.3. The maximum absolute atomic E-state index is 13.3. The van der Waals surface area contributed by atoms with E-state index in [4.69, 9.17) is 5.73 Å². The van der Waals surface area contributed by atoms with E-state index in [-0.39, 0.29) is 35.7 Å². The highest BCUT2D eigenvalue weighted by atomic mass is 19.4. The summed E-state index contributed by atoms with van der Waals surface area (Å²) in [6, 6.07) is 22.6. The van der Waals surface area contributed by atoms with Crippen LogP contribution in [-0.2, 0) is 32.9 Å². The first-order valence-electron chi connectivity index (χ1n) is 18.1. The van der Waals surface area contributed by atoms with Gasteiger partial charge in [0.2, 0.25) is 17.5 Å². The Kier molecular flexibility index (Phi) is 11.5. The number of nitrogens with two attached hydrogens (primary N) is 1. The number of aromatic nitrogens is 3. The lowest BCUT2D eigenvalue weighted by molar-refractivity contribution is -0.347. The van der Waals surface area contributed by atoms with E-state index < -0.39 is 23.3 Å². The van der Waals surface area contributed by atoms with Crippen molar-refractivity contribution in [2.75, 3.05) is 31.1 Å². The Balaban J connectivity index is 0.978. The number of hydrogen-bond acceptors (Lipinski definition) is 8. The topological polar surface area (TPSA) is 163 Å². The number of piperazine rings is 1. The van der Waals surface area contributed by atoms with Gasteiger partial charge in [-0.05, 0) is 73.7 Å². The third-order valence-electron chi connectivity index (χ3n) is 10.2. The van der Waals surface area contributed by atoms with Crippen molar-refractivity contribution in [2.45, 2.75) is 64.2 Å². The summed E-state index contributed by atoms with van der Waals surface area (Å²) >= 11 is 0. The molecule has 2 saturated heterocycles. The summed E-state index contributed by atoms with van der Waals surface area (Å²) in [5.41, 5.74) is 10.7. The molecule has 0 aliphatic carbocycles. The lowest BCUT2D eigenvalue weighted by Crippen LogP contribution is -2.63. The Morgan fingerprint density at radius 1 is 1.00 bits per heavy atom. The van der Waals surface area contributed by atoms with Crippen LogP contribution in [0.3, 0.4) is 0 Å². The minimum absolute atomic E-state index is 0.0804. The number of halogens is 3. The molecule has 0 saturated carbocycles. The standard InChI is InChI=1S/C40H44F3N9O3/c1-25-20-29(10-14-33(25)45-22-30(21-44)36(54)46-23-34-47-38(50-49-34)39(2,3)40(41,42)43)27-6-4-26(5-7-27)24-51-16-18-52(19-17-51)31-11-8-28(9-12-31)32-13-15-35(53)48-37(32)55/h4-12,14,20-22,32H,13,15-19,23-24,44H2,1-3H3,(H,46,54)(H,47,49,50)(H,48,53,55)/p+1/b30-21+,45-22?. The van der Waals surface area contributed by atoms with Gasteiger partial charge in [-0.15, -0.1) is 0 Å². The largest absolute Gasteiger partial charge is 0.404 e. The van der Waals surface area contributed by atoms with Gasteiger partial charge in [0.1, 0.15) is 16.8 Å². The highest BCUT2D eigenvalue weighted by molar-refractivity contribution is 6.10. The molecule has 1 unspecified atom stereocenters. The molecule has 0 bridgehead atoms. The van der Waals surface area contributed by atoms with Crippen LogP contribution in [-0.4, -0.2) is 76.4 Å². The van der Waals surface area contributed by atoms with Crippen LogP contribution in [0.5, 0.6) is 0 Å². The Morgan fingerprint density at radius 3 is 2.33 bits per heavy atom. The first-order valence-corrected chi connectivity index (χ1v) is 18.1. The van der Waals surface area contributed by atoms with Crippen molar-refractivity contribution in [3.05, 3.63) is 107 Å². The van der Waals surface area contributed by atoms with Gasteiger partial charge >= 0.3 is 6.18 Å². The number of imide groups is 1. The Morgan fingerprint density at radius 2 is 1.69 bits per heavy atom. The van der Waals surface area contributed by atoms with Gasteiger partial charge in [0.05, 0.1) is 12.5 Å². The number of nitrogens with zero attached hydrogens (tertiary/aromatic N) is 4. The quantitative estimate of drug-likeness (QED) is 0.0884. The second-order valence-corrected chi connectivity index (χ2v) is 14.4. The smallest absolute Gasteiger partial charge is 0.401 e. The summed E-state index contributed by atoms with van der Waals surface area (Å²) in [5, 5.41) is 11.2. The van der Waals surface area contributed by atoms with Crippen LogP contribution in [0.1, 0.15) is 60.9 Å². The molecule has 2 aliphatic rings. The van der Waals surface area contributed by atoms with E-state index in [1.807, 2.05) is 31.2 Å². The number of rotatable bonds is 11. The summed E-state index contributed by atoms with van der Waals surface area (Å²) in [4.78, 5) is 48.3. The fourth-order valence-electron chi connectivity index (χ4n) is 6.55. The molecule has 4 aromatic rings. The number of hydrogen-bond donors (Lipinski definition) is 5. The highest BCUT2D eigenvalue weighted by Crippen LogP contribution is 2.38. The Hall–Kier alpha value is -5.83. The van der Waals surface area contributed by atoms with Crippen LogP contribution in [0.15, 0.2) is 78.5 Å². The minimum atomic E-state index is -4.53. The van der Waals surface area contributed by atoms with Crippen molar-refractivity contribution >= 4 is 35.3 Å². The van der Waals surface area contributed by atoms with Crippen molar-refractivity contribution in [1.82, 2.24) is 30.7 Å². The second kappa shape index (κ2) is 16.3. The fourth-order valence-corrected chi connectivity index (χ4v) is 6.55. The van der Waals surface area contributed by atoms with E-state index in [2.05, 4.69) is 83.1 Å². The molecule has 1 atom stereocenters. The zero-order valence-corrected chi connectivity index (χ0v) is 31.0. The number of amides is 3. The highest BCUT2D eigenvalue weighted by Gasteiger charge is 2.51. The van der Waals surface area contributed by atoms with E-state index >= 15 is 0 Å². The molecule has 2 aliphatic heterocycles. The van der Waals surface area contributed by atoms with Crippen LogP contribution in [0, 0.1) is 6.92 Å². The average Bonchev–Trinajstić information content (AvgIpc) is 3.65. The summed E-state index contributed by atoms with van der Waals surface area (Å²) in [5.74, 6) is -1.58. The number of carbonyl (C=O) groups excluding carboxylic acids is 3. The van der Waals surface area contributed by atoms with E-state index in [9.17, 15) is 27.6 Å². The molecule has 6 N–H and O–H groups in total. The number of piperidine rings is 1. The molecule has 0 radical (unpaired) electrons. The summed E-state index contributed by atoms with van der Waals surface area (Å²) in [6.07, 6.45) is -1.02. The van der Waals surface area contributed by atoms with Crippen LogP contribution in [0.4, 0.5) is 24.5 Å². The summed E-state index contributed by atoms with van der Waals surface area (Å²) < 4.78 is 40.0. The van der Waals surface area contributed by atoms with Gasteiger partial charge in [-0.1, -0.05) is 36.4 Å². The number of nitrogens with one attached hydrogen (secondary N) is 4. The van der Waals surface area contributed by atoms with Crippen LogP contribution in [0.2, 0.25) is 0 Å². The maximum Gasteiger partial charge on any atom is 0.401 e. The predicted molar refractivity (Wildman–Crippen MR) is 202 cm³/mol. The Labute approximate surface area is 317 Å². The first-order chi connectivity index (χ1) is 26.2. The average molecular weight is 757 g/mol. The molecule has 12 nitrogen and oxygen atoms in total. The van der Waals surface area contributed by atoms with Crippen molar-refractivity contribution in [1.29, 1.82) is 0 Å². The van der Waals surface area contributed by atoms with E-state index in [0.717, 1.165) is 86.4 Å². The molecular weight excluding hydrogens is 711 g/mol. The first kappa shape index (κ1) is 38.9. The van der Waals surface area contributed by atoms with Gasteiger partial charge in [-0.3, -0.25) is 29.7 Å². The minimum Gasteiger partial charge on any atom is -0.404 e. The zero-order valence-electron chi connectivity index (χ0n) is 31.0. The molecule has 3 heterocycles. The Bertz CT molecular complexity index is 2080. The van der Waals surface area contributed by atoms with Gasteiger partial charge in [-0.25, -0.2) is 9.98 Å². The van der Waals surface area contributed by atoms with Crippen molar-refractivity contribution in [2.24, 2.45) is 5.73 Å². The van der Waals surface area contributed by atoms with Gasteiger partial charge in [0.15, 0.2) is 12.0 Å². The van der Waals surface area contributed by atoms with Gasteiger partial charge in [-0.2, -0.15) is 18.3 Å². The number of alkyl halides is 3. The predicted octanol–water partition coefficient (Wildman–Crippen LogP) is 3.40. The summed E-state index contributed by atoms with van der Waals surface area (Å²) in [6.45, 7) is 8.26. The number of anilines is 1. The molecule has 3 aromatic carbocycles. The number of aryl methyl sites for hydroxylation is 1. The number of H-pyrrole nitrogens is 1. The van der Waals surface area contributed by atoms with Crippen molar-refractivity contribution < 1.29 is 32.5 Å². The van der Waals surface area contributed by atoms with Crippen LogP contribution < -0.4 is 26.3 Å². The third kappa shape index (κ3) is 9.11. The molecule has 15 heteroatoms. The molecule has 288 valence electrons. The monoisotopic (exact) mass is 756 g/mol. The number of aromatic amines is 1. The van der Waals surface area contributed by atoms with E-state index in [1.54, 1.807) is 0 Å². The van der Waals surface area contributed by atoms with E-state index in [0.29, 0.717) is 12.8 Å². The normalized spacial score (nSPS) is 17.5. The third-order valence-corrected chi connectivity index (χ3v) is 10.2. The SMILES string of the molecule is Cc1cc(-c2ccc(CN3CCN(c4ccc(C5CCC(=O)NC5=O)cc4)CC3)cc2)ccc1[NH+]=C/C(=C\N)C(=O)NCc1nc(C(C)(C)C(F)(F)F)n[nH]1. The number of carbonyl (C=O) groups is 3. The van der Waals surface area contributed by atoms with Crippen molar-refractivity contribution in [3.63, 3.8) is 0 Å². The molecule has 0 spiro atoms. The van der Waals surface area contributed by atoms with Gasteiger partial charge in [0.25, 0.3) is 5.91 Å². The summed E-state index contributed by atoms with van der Waals surface area (Å²) in [7, 11) is 0. The molecule has 55 heavy (non-hydrogen) atoms. The number of benzene rings is 3.